The van der Waals surface area contributed by atoms with Gasteiger partial charge < -0.3 is 15.2 Å². The van der Waals surface area contributed by atoms with Crippen LogP contribution in [0.1, 0.15) is 26.3 Å². The van der Waals surface area contributed by atoms with E-state index in [0.29, 0.717) is 5.56 Å². The number of hydrogen-bond donors (Lipinski definition) is 6. The van der Waals surface area contributed by atoms with Gasteiger partial charge in [-0.2, -0.15) is 13.9 Å². The van der Waals surface area contributed by atoms with Crippen molar-refractivity contribution >= 4 is 35.2 Å². The Morgan fingerprint density at radius 1 is 0.854 bits per heavy atom. The Balaban J connectivity index is 1.44. The highest BCUT2D eigenvalue weighted by atomic mass is 19.3. The van der Waals surface area contributed by atoms with Gasteiger partial charge in [-0.3, -0.25) is 35.7 Å². The topological polar surface area (TPSA) is 175 Å². The van der Waals surface area contributed by atoms with Gasteiger partial charge in [0.1, 0.15) is 11.4 Å². The van der Waals surface area contributed by atoms with E-state index in [2.05, 4.69) is 20.8 Å². The Morgan fingerprint density at radius 2 is 1.54 bits per heavy atom. The number of hydrazine groups is 1. The number of carboxylic acid groups (broad SMARTS) is 1. The van der Waals surface area contributed by atoms with E-state index >= 15 is 0 Å². The minimum atomic E-state index is -4.05. The summed E-state index contributed by atoms with van der Waals surface area (Å²) in [5, 5.41) is 20.5. The minimum Gasteiger partial charge on any atom is -0.496 e. The zero-order valence-corrected chi connectivity index (χ0v) is 21.2. The van der Waals surface area contributed by atoms with Crippen LogP contribution in [0.5, 0.6) is 5.75 Å². The second kappa shape index (κ2) is 11.9. The second-order valence-corrected chi connectivity index (χ2v) is 8.34. The number of anilines is 2. The molecule has 4 amide bonds. The number of nitrogens with zero attached hydrogens (tertiary/aromatic N) is 1. The van der Waals surface area contributed by atoms with E-state index in [1.54, 1.807) is 35.8 Å². The predicted molar refractivity (Wildman–Crippen MR) is 143 cm³/mol. The highest BCUT2D eigenvalue weighted by Gasteiger charge is 2.41. The number of para-hydroxylation sites is 2. The summed E-state index contributed by atoms with van der Waals surface area (Å²) in [4.78, 5) is 48.5. The van der Waals surface area contributed by atoms with Crippen molar-refractivity contribution in [2.75, 3.05) is 17.7 Å². The van der Waals surface area contributed by atoms with Crippen LogP contribution in [0, 0.1) is 0 Å². The molecule has 0 saturated heterocycles. The average Bonchev–Trinajstić information content (AvgIpc) is 3.43. The van der Waals surface area contributed by atoms with E-state index in [9.17, 15) is 28.0 Å². The molecule has 0 fully saturated rings. The first-order valence-corrected chi connectivity index (χ1v) is 11.8. The number of ether oxygens (including phenoxy) is 1. The summed E-state index contributed by atoms with van der Waals surface area (Å²) >= 11 is 0. The molecule has 4 rings (SSSR count). The lowest BCUT2D eigenvalue weighted by molar-refractivity contribution is -0.147. The van der Waals surface area contributed by atoms with Gasteiger partial charge in [-0.05, 0) is 30.3 Å². The van der Waals surface area contributed by atoms with Crippen LogP contribution in [0.3, 0.4) is 0 Å². The molecule has 210 valence electrons. The molecule has 0 atom stereocenters. The number of aromatic amines is 1. The molecule has 14 heteroatoms. The SMILES string of the molecule is COc1ccccc1C(=O)NNC(=O)C(F)(F)c1ccc(C(=O)Nc2ccccc2-c2n[nH]cc2NC(=O)O)cc1. The monoisotopic (exact) mass is 564 g/mol. The molecule has 0 aliphatic rings. The summed E-state index contributed by atoms with van der Waals surface area (Å²) in [7, 11) is 1.33. The van der Waals surface area contributed by atoms with E-state index in [0.717, 1.165) is 24.3 Å². The fourth-order valence-corrected chi connectivity index (χ4v) is 3.75. The van der Waals surface area contributed by atoms with Crippen molar-refractivity contribution in [3.05, 3.63) is 95.7 Å². The van der Waals surface area contributed by atoms with Gasteiger partial charge >= 0.3 is 17.9 Å². The van der Waals surface area contributed by atoms with Gasteiger partial charge in [-0.25, -0.2) is 4.79 Å². The molecule has 0 spiro atoms. The number of alkyl halides is 2. The van der Waals surface area contributed by atoms with Gasteiger partial charge in [0.15, 0.2) is 0 Å². The molecule has 1 aromatic heterocycles. The van der Waals surface area contributed by atoms with Crippen molar-refractivity contribution in [1.82, 2.24) is 21.0 Å². The van der Waals surface area contributed by atoms with Crippen molar-refractivity contribution < 1.29 is 37.8 Å². The Bertz CT molecular complexity index is 1610. The molecule has 1 heterocycles. The fourth-order valence-electron chi connectivity index (χ4n) is 3.75. The van der Waals surface area contributed by atoms with Crippen molar-refractivity contribution in [1.29, 1.82) is 0 Å². The molecule has 3 aromatic carbocycles. The smallest absolute Gasteiger partial charge is 0.409 e. The molecule has 0 radical (unpaired) electrons. The van der Waals surface area contributed by atoms with E-state index < -0.39 is 35.3 Å². The Hall–Kier alpha value is -5.79. The van der Waals surface area contributed by atoms with Crippen molar-refractivity contribution in [2.24, 2.45) is 0 Å². The molecule has 0 aliphatic carbocycles. The highest BCUT2D eigenvalue weighted by Crippen LogP contribution is 2.32. The summed E-state index contributed by atoms with van der Waals surface area (Å²) < 4.78 is 34.7. The van der Waals surface area contributed by atoms with Crippen LogP contribution in [0.2, 0.25) is 0 Å². The maximum Gasteiger partial charge on any atom is 0.409 e. The second-order valence-electron chi connectivity index (χ2n) is 8.34. The van der Waals surface area contributed by atoms with Gasteiger partial charge in [-0.1, -0.05) is 42.5 Å². The largest absolute Gasteiger partial charge is 0.496 e. The summed E-state index contributed by atoms with van der Waals surface area (Å²) in [6.45, 7) is 0. The number of methoxy groups -OCH3 is 1. The van der Waals surface area contributed by atoms with E-state index in [1.165, 1.54) is 31.5 Å². The van der Waals surface area contributed by atoms with E-state index in [-0.39, 0.29) is 33.9 Å². The van der Waals surface area contributed by atoms with E-state index in [1.807, 2.05) is 5.43 Å². The van der Waals surface area contributed by atoms with Gasteiger partial charge in [0.05, 0.1) is 24.0 Å². The predicted octanol–water partition coefficient (Wildman–Crippen LogP) is 3.98. The lowest BCUT2D eigenvalue weighted by Gasteiger charge is -2.17. The molecule has 0 saturated carbocycles. The molecule has 0 bridgehead atoms. The van der Waals surface area contributed by atoms with Gasteiger partial charge in [0, 0.05) is 22.9 Å². The first kappa shape index (κ1) is 28.2. The molecule has 12 nitrogen and oxygen atoms in total. The number of benzene rings is 3. The lowest BCUT2D eigenvalue weighted by atomic mass is 10.0. The maximum absolute atomic E-state index is 14.8. The van der Waals surface area contributed by atoms with Crippen LogP contribution in [0.15, 0.2) is 79.0 Å². The standard InChI is InChI=1S/C27H22F2N6O6/c1-41-21-9-5-3-7-18(21)24(37)34-35-25(38)27(28,29)16-12-10-15(11-13-16)23(36)31-19-8-4-2-6-17(19)22-20(14-30-33-22)32-26(39)40/h2-14,32H,1H3,(H,30,33)(H,31,36)(H,34,37)(H,35,38)(H,39,40). The Kier molecular flexibility index (Phi) is 8.22. The number of rotatable bonds is 8. The van der Waals surface area contributed by atoms with Crippen LogP contribution < -0.4 is 26.2 Å². The highest BCUT2D eigenvalue weighted by molar-refractivity contribution is 6.07. The van der Waals surface area contributed by atoms with Crippen LogP contribution in [0.4, 0.5) is 25.0 Å². The van der Waals surface area contributed by atoms with Crippen LogP contribution in [-0.4, -0.2) is 46.2 Å². The van der Waals surface area contributed by atoms with Gasteiger partial charge in [0.25, 0.3) is 11.8 Å². The third-order valence-corrected chi connectivity index (χ3v) is 5.75. The van der Waals surface area contributed by atoms with E-state index in [4.69, 9.17) is 9.84 Å². The van der Waals surface area contributed by atoms with Crippen molar-refractivity contribution in [2.45, 2.75) is 5.92 Å². The first-order valence-electron chi connectivity index (χ1n) is 11.8. The van der Waals surface area contributed by atoms with Crippen LogP contribution >= 0.6 is 0 Å². The number of halogens is 2. The normalized spacial score (nSPS) is 10.8. The zero-order valence-electron chi connectivity index (χ0n) is 21.2. The number of hydrogen-bond acceptors (Lipinski definition) is 6. The summed E-state index contributed by atoms with van der Waals surface area (Å²) in [5.41, 5.74) is 3.98. The molecular formula is C27H22F2N6O6. The maximum atomic E-state index is 14.8. The third-order valence-electron chi connectivity index (χ3n) is 5.75. The minimum absolute atomic E-state index is 0.00449. The molecule has 0 unspecified atom stereocenters. The van der Waals surface area contributed by atoms with Crippen molar-refractivity contribution in [3.8, 4) is 17.0 Å². The van der Waals surface area contributed by atoms with Crippen molar-refractivity contribution in [3.63, 3.8) is 0 Å². The average molecular weight is 565 g/mol. The molecule has 41 heavy (non-hydrogen) atoms. The summed E-state index contributed by atoms with van der Waals surface area (Å²) in [6.07, 6.45) is 0.0275. The fraction of sp³-hybridized carbons (Fsp3) is 0.0741. The molecule has 4 aromatic rings. The van der Waals surface area contributed by atoms with Crippen LogP contribution in [-0.2, 0) is 10.7 Å². The number of amides is 4. The Labute approximate surface area is 230 Å². The molecule has 0 aliphatic heterocycles. The third kappa shape index (κ3) is 6.27. The van der Waals surface area contributed by atoms with Gasteiger partial charge in [0.2, 0.25) is 0 Å². The number of aromatic nitrogens is 2. The summed E-state index contributed by atoms with van der Waals surface area (Å²) in [5.74, 6) is -7.19. The summed E-state index contributed by atoms with van der Waals surface area (Å²) in [6, 6.07) is 16.5. The number of carbonyl (C=O) groups is 4. The molecular weight excluding hydrogens is 542 g/mol. The van der Waals surface area contributed by atoms with Crippen LogP contribution in [0.25, 0.3) is 11.3 Å². The zero-order chi connectivity index (χ0) is 29.6. The lowest BCUT2D eigenvalue weighted by Crippen LogP contribution is -2.48. The number of nitrogens with one attached hydrogen (secondary N) is 5. The number of H-pyrrole nitrogens is 1. The Morgan fingerprint density at radius 3 is 2.24 bits per heavy atom. The number of carbonyl (C=O) groups excluding carboxylic acids is 3. The van der Waals surface area contributed by atoms with Gasteiger partial charge in [-0.15, -0.1) is 0 Å². The first-order chi connectivity index (χ1) is 19.6. The molecule has 6 N–H and O–H groups in total. The quantitative estimate of drug-likeness (QED) is 0.176.